The van der Waals surface area contributed by atoms with Gasteiger partial charge in [-0.15, -0.1) is 5.10 Å². The number of hydrogen-bond acceptors (Lipinski definition) is 4. The Morgan fingerprint density at radius 2 is 1.94 bits per heavy atom. The molecule has 7 heteroatoms. The lowest BCUT2D eigenvalue weighted by Gasteiger charge is -2.02. The Hall–Kier alpha value is -1.76. The third-order valence-electron chi connectivity index (χ3n) is 2.14. The van der Waals surface area contributed by atoms with Crippen LogP contribution in [0.25, 0.3) is 0 Å². The zero-order valence-electron chi connectivity index (χ0n) is 8.50. The first kappa shape index (κ1) is 11.7. The highest BCUT2D eigenvalue weighted by Gasteiger charge is 2.22. The molecule has 0 aliphatic carbocycles. The van der Waals surface area contributed by atoms with Crippen molar-refractivity contribution in [2.45, 2.75) is 6.92 Å². The number of aryl methyl sites for hydroxylation is 1. The van der Waals surface area contributed by atoms with Gasteiger partial charge in [-0.25, -0.2) is 13.2 Å². The van der Waals surface area contributed by atoms with Crippen LogP contribution in [-0.4, -0.2) is 15.4 Å². The Morgan fingerprint density at radius 3 is 2.53 bits per heavy atom. The molecule has 0 radical (unpaired) electrons. The summed E-state index contributed by atoms with van der Waals surface area (Å²) >= 11 is 0.778. The summed E-state index contributed by atoms with van der Waals surface area (Å²) in [6.07, 6.45) is 0. The third kappa shape index (κ3) is 1.93. The summed E-state index contributed by atoms with van der Waals surface area (Å²) in [5.41, 5.74) is -0.206. The molecule has 2 aromatic rings. The molecule has 88 valence electrons. The average molecular weight is 258 g/mol. The SMILES string of the molecule is Cc1nnsc1C(=O)c1ccc(F)c(F)c1F. The number of rotatable bonds is 2. The molecule has 2 rings (SSSR count). The number of aromatic nitrogens is 2. The Bertz CT molecular complexity index is 597. The van der Waals surface area contributed by atoms with Crippen molar-refractivity contribution in [1.29, 1.82) is 0 Å². The van der Waals surface area contributed by atoms with Crippen LogP contribution in [0.4, 0.5) is 13.2 Å². The minimum atomic E-state index is -1.66. The van der Waals surface area contributed by atoms with Gasteiger partial charge in [0.15, 0.2) is 17.5 Å². The summed E-state index contributed by atoms with van der Waals surface area (Å²) in [4.78, 5) is 11.9. The molecular weight excluding hydrogens is 253 g/mol. The van der Waals surface area contributed by atoms with Crippen LogP contribution in [0.5, 0.6) is 0 Å². The second kappa shape index (κ2) is 4.25. The van der Waals surface area contributed by atoms with Gasteiger partial charge in [0.2, 0.25) is 5.78 Å². The van der Waals surface area contributed by atoms with Gasteiger partial charge in [0.25, 0.3) is 0 Å². The molecule has 0 spiro atoms. The highest BCUT2D eigenvalue weighted by molar-refractivity contribution is 7.08. The number of hydrogen-bond donors (Lipinski definition) is 0. The van der Waals surface area contributed by atoms with Gasteiger partial charge in [0.1, 0.15) is 4.88 Å². The summed E-state index contributed by atoms with van der Waals surface area (Å²) in [6, 6.07) is 1.60. The lowest BCUT2D eigenvalue weighted by Crippen LogP contribution is -2.07. The minimum absolute atomic E-state index is 0.106. The fourth-order valence-electron chi connectivity index (χ4n) is 1.26. The van der Waals surface area contributed by atoms with Crippen molar-refractivity contribution in [2.75, 3.05) is 0 Å². The van der Waals surface area contributed by atoms with Crippen molar-refractivity contribution >= 4 is 17.3 Å². The molecule has 0 unspecified atom stereocenters. The van der Waals surface area contributed by atoms with E-state index in [2.05, 4.69) is 9.59 Å². The van der Waals surface area contributed by atoms with E-state index >= 15 is 0 Å². The molecule has 0 N–H and O–H groups in total. The summed E-state index contributed by atoms with van der Waals surface area (Å²) < 4.78 is 42.5. The van der Waals surface area contributed by atoms with Crippen molar-refractivity contribution < 1.29 is 18.0 Å². The van der Waals surface area contributed by atoms with Gasteiger partial charge in [-0.2, -0.15) is 0 Å². The van der Waals surface area contributed by atoms with Crippen LogP contribution in [0.2, 0.25) is 0 Å². The molecule has 1 heterocycles. The summed E-state index contributed by atoms with van der Waals surface area (Å²) in [5, 5.41) is 3.59. The molecule has 0 bridgehead atoms. The smallest absolute Gasteiger partial charge is 0.209 e. The maximum atomic E-state index is 13.4. The van der Waals surface area contributed by atoms with Gasteiger partial charge < -0.3 is 0 Å². The largest absolute Gasteiger partial charge is 0.287 e. The van der Waals surface area contributed by atoms with Gasteiger partial charge >= 0.3 is 0 Å². The zero-order valence-corrected chi connectivity index (χ0v) is 9.32. The van der Waals surface area contributed by atoms with Crippen LogP contribution in [0.3, 0.4) is 0 Å². The predicted molar refractivity (Wildman–Crippen MR) is 54.4 cm³/mol. The van der Waals surface area contributed by atoms with Crippen molar-refractivity contribution in [2.24, 2.45) is 0 Å². The number of ketones is 1. The van der Waals surface area contributed by atoms with E-state index in [1.165, 1.54) is 6.92 Å². The monoisotopic (exact) mass is 258 g/mol. The van der Waals surface area contributed by atoms with Crippen LogP contribution in [-0.2, 0) is 0 Å². The molecule has 3 nitrogen and oxygen atoms in total. The van der Waals surface area contributed by atoms with E-state index in [0.717, 1.165) is 17.6 Å². The first-order valence-electron chi connectivity index (χ1n) is 4.49. The molecule has 1 aromatic heterocycles. The molecule has 0 saturated heterocycles. The van der Waals surface area contributed by atoms with Crippen molar-refractivity contribution in [3.63, 3.8) is 0 Å². The molecule has 0 amide bonds. The number of carbonyl (C=O) groups excluding carboxylic acids is 1. The Morgan fingerprint density at radius 1 is 1.24 bits per heavy atom. The van der Waals surface area contributed by atoms with E-state index in [-0.39, 0.29) is 4.88 Å². The normalized spacial score (nSPS) is 10.6. The average Bonchev–Trinajstić information content (AvgIpc) is 2.72. The lowest BCUT2D eigenvalue weighted by molar-refractivity contribution is 0.103. The highest BCUT2D eigenvalue weighted by Crippen LogP contribution is 2.21. The first-order chi connectivity index (χ1) is 8.02. The second-order valence-electron chi connectivity index (χ2n) is 3.24. The fourth-order valence-corrected chi connectivity index (χ4v) is 1.87. The lowest BCUT2D eigenvalue weighted by atomic mass is 10.1. The van der Waals surface area contributed by atoms with Crippen molar-refractivity contribution in [3.8, 4) is 0 Å². The van der Waals surface area contributed by atoms with Gasteiger partial charge in [-0.3, -0.25) is 4.79 Å². The summed E-state index contributed by atoms with van der Waals surface area (Å²) in [7, 11) is 0. The Labute approximate surface area is 98.1 Å². The van der Waals surface area contributed by atoms with Crippen molar-refractivity contribution in [3.05, 3.63) is 45.7 Å². The first-order valence-corrected chi connectivity index (χ1v) is 5.27. The highest BCUT2D eigenvalue weighted by atomic mass is 32.1. The fraction of sp³-hybridized carbons (Fsp3) is 0.100. The summed E-state index contributed by atoms with van der Waals surface area (Å²) in [5.74, 6) is -5.25. The minimum Gasteiger partial charge on any atom is -0.287 e. The summed E-state index contributed by atoms with van der Waals surface area (Å²) in [6.45, 7) is 1.52. The van der Waals surface area contributed by atoms with Crippen LogP contribution in [0.15, 0.2) is 12.1 Å². The molecule has 0 atom stereocenters. The van der Waals surface area contributed by atoms with E-state index in [9.17, 15) is 18.0 Å². The quantitative estimate of drug-likeness (QED) is 0.614. The number of benzene rings is 1. The molecular formula is C10H5F3N2OS. The van der Waals surface area contributed by atoms with E-state index in [4.69, 9.17) is 0 Å². The number of carbonyl (C=O) groups is 1. The van der Waals surface area contributed by atoms with Crippen LogP contribution in [0.1, 0.15) is 20.9 Å². The number of halogens is 3. The Balaban J connectivity index is 2.53. The molecule has 0 saturated carbocycles. The van der Waals surface area contributed by atoms with E-state index < -0.39 is 28.8 Å². The van der Waals surface area contributed by atoms with Crippen LogP contribution < -0.4 is 0 Å². The van der Waals surface area contributed by atoms with Gasteiger partial charge in [-0.1, -0.05) is 4.49 Å². The molecule has 17 heavy (non-hydrogen) atoms. The zero-order chi connectivity index (χ0) is 12.6. The second-order valence-corrected chi connectivity index (χ2v) is 3.99. The maximum absolute atomic E-state index is 13.4. The van der Waals surface area contributed by atoms with Gasteiger partial charge in [0, 0.05) is 0 Å². The Kier molecular flexibility index (Phi) is 2.93. The van der Waals surface area contributed by atoms with Gasteiger partial charge in [0.05, 0.1) is 11.3 Å². The molecule has 0 aliphatic heterocycles. The van der Waals surface area contributed by atoms with Crippen molar-refractivity contribution in [1.82, 2.24) is 9.59 Å². The number of nitrogens with zero attached hydrogens (tertiary/aromatic N) is 2. The predicted octanol–water partition coefficient (Wildman–Crippen LogP) is 2.49. The molecule has 0 fully saturated rings. The van der Waals surface area contributed by atoms with Crippen LogP contribution >= 0.6 is 11.5 Å². The maximum Gasteiger partial charge on any atom is 0.209 e. The molecule has 1 aromatic carbocycles. The topological polar surface area (TPSA) is 42.9 Å². The standard InChI is InChI=1S/C10H5F3N2OS/c1-4-10(17-15-14-4)9(16)5-2-3-6(11)8(13)7(5)12/h2-3H,1H3. The molecule has 0 aliphatic rings. The van der Waals surface area contributed by atoms with E-state index in [1.54, 1.807) is 0 Å². The third-order valence-corrected chi connectivity index (χ3v) is 2.96. The van der Waals surface area contributed by atoms with E-state index in [1.807, 2.05) is 0 Å². The van der Waals surface area contributed by atoms with Gasteiger partial charge in [-0.05, 0) is 30.6 Å². The van der Waals surface area contributed by atoms with Crippen LogP contribution in [0, 0.1) is 24.4 Å². The van der Waals surface area contributed by atoms with E-state index in [0.29, 0.717) is 11.8 Å².